The molecule has 4 nitrogen and oxygen atoms in total. The SMILES string of the molecule is CCCCC(CCC(CC)CCC)OC(=O)C1CCCC(C(=O)O)C1. The van der Waals surface area contributed by atoms with Crippen molar-refractivity contribution in [1.82, 2.24) is 0 Å². The fourth-order valence-corrected chi connectivity index (χ4v) is 3.97. The fraction of sp³-hybridized carbons (Fsp3) is 0.905. The van der Waals surface area contributed by atoms with Crippen molar-refractivity contribution in [3.63, 3.8) is 0 Å². The molecule has 0 aromatic rings. The van der Waals surface area contributed by atoms with Crippen LogP contribution in [0.25, 0.3) is 0 Å². The second kappa shape index (κ2) is 12.3. The Kier molecular flexibility index (Phi) is 10.8. The lowest BCUT2D eigenvalue weighted by molar-refractivity contribution is -0.158. The minimum Gasteiger partial charge on any atom is -0.481 e. The Balaban J connectivity index is 2.54. The molecule has 1 saturated carbocycles. The first-order chi connectivity index (χ1) is 12.0. The van der Waals surface area contributed by atoms with Gasteiger partial charge in [-0.1, -0.05) is 59.3 Å². The average Bonchev–Trinajstić information content (AvgIpc) is 2.62. The number of hydrogen-bond donors (Lipinski definition) is 1. The molecule has 4 heteroatoms. The third-order valence-corrected chi connectivity index (χ3v) is 5.69. The normalized spacial score (nSPS) is 23.0. The summed E-state index contributed by atoms with van der Waals surface area (Å²) in [6.45, 7) is 6.62. The summed E-state index contributed by atoms with van der Waals surface area (Å²) < 4.78 is 5.86. The molecule has 0 spiro atoms. The largest absolute Gasteiger partial charge is 0.481 e. The predicted octanol–water partition coefficient (Wildman–Crippen LogP) is 5.59. The molecule has 0 aromatic heterocycles. The fourth-order valence-electron chi connectivity index (χ4n) is 3.97. The van der Waals surface area contributed by atoms with Gasteiger partial charge in [-0.3, -0.25) is 9.59 Å². The number of aliphatic carboxylic acids is 1. The molecule has 4 unspecified atom stereocenters. The topological polar surface area (TPSA) is 63.6 Å². The molecule has 0 radical (unpaired) electrons. The van der Waals surface area contributed by atoms with Gasteiger partial charge in [0.25, 0.3) is 0 Å². The van der Waals surface area contributed by atoms with Gasteiger partial charge in [0.1, 0.15) is 6.10 Å². The van der Waals surface area contributed by atoms with E-state index in [0.717, 1.165) is 50.9 Å². The Hall–Kier alpha value is -1.06. The molecule has 1 aliphatic rings. The summed E-state index contributed by atoms with van der Waals surface area (Å²) in [6.07, 6.45) is 11.5. The summed E-state index contributed by atoms with van der Waals surface area (Å²) in [4.78, 5) is 23.8. The lowest BCUT2D eigenvalue weighted by Crippen LogP contribution is -2.31. The van der Waals surface area contributed by atoms with Gasteiger partial charge in [-0.25, -0.2) is 0 Å². The van der Waals surface area contributed by atoms with E-state index < -0.39 is 5.97 Å². The van der Waals surface area contributed by atoms with E-state index in [9.17, 15) is 14.7 Å². The van der Waals surface area contributed by atoms with E-state index in [1.165, 1.54) is 19.3 Å². The van der Waals surface area contributed by atoms with Crippen LogP contribution in [0.4, 0.5) is 0 Å². The Morgan fingerprint density at radius 2 is 1.72 bits per heavy atom. The summed E-state index contributed by atoms with van der Waals surface area (Å²) in [5.41, 5.74) is 0. The summed E-state index contributed by atoms with van der Waals surface area (Å²) in [5.74, 6) is -0.814. The zero-order valence-electron chi connectivity index (χ0n) is 16.5. The van der Waals surface area contributed by atoms with Crippen LogP contribution in [0.1, 0.15) is 97.8 Å². The number of carbonyl (C=O) groups is 2. The van der Waals surface area contributed by atoms with Crippen LogP contribution in [-0.4, -0.2) is 23.1 Å². The van der Waals surface area contributed by atoms with E-state index in [2.05, 4.69) is 20.8 Å². The Bertz CT molecular complexity index is 393. The Morgan fingerprint density at radius 1 is 1.00 bits per heavy atom. The van der Waals surface area contributed by atoms with E-state index >= 15 is 0 Å². The van der Waals surface area contributed by atoms with Crippen LogP contribution in [0.5, 0.6) is 0 Å². The quantitative estimate of drug-likeness (QED) is 0.464. The highest BCUT2D eigenvalue weighted by molar-refractivity contribution is 5.75. The molecule has 1 fully saturated rings. The van der Waals surface area contributed by atoms with Crippen molar-refractivity contribution < 1.29 is 19.4 Å². The van der Waals surface area contributed by atoms with Crippen LogP contribution >= 0.6 is 0 Å². The standard InChI is InChI=1S/C21H38O4/c1-4-7-12-19(14-13-16(6-3)9-5-2)25-21(24)18-11-8-10-17(15-18)20(22)23/h16-19H,4-15H2,1-3H3,(H,22,23). The summed E-state index contributed by atoms with van der Waals surface area (Å²) in [7, 11) is 0. The molecular formula is C21H38O4. The van der Waals surface area contributed by atoms with Crippen LogP contribution in [-0.2, 0) is 14.3 Å². The van der Waals surface area contributed by atoms with E-state index in [0.29, 0.717) is 12.8 Å². The van der Waals surface area contributed by atoms with E-state index in [-0.39, 0.29) is 23.9 Å². The molecule has 0 saturated heterocycles. The Morgan fingerprint density at radius 3 is 2.32 bits per heavy atom. The molecule has 0 heterocycles. The number of carboxylic acids is 1. The molecule has 0 aromatic carbocycles. The lowest BCUT2D eigenvalue weighted by Gasteiger charge is -2.28. The van der Waals surface area contributed by atoms with Gasteiger partial charge in [0.2, 0.25) is 0 Å². The first-order valence-corrected chi connectivity index (χ1v) is 10.4. The second-order valence-corrected chi connectivity index (χ2v) is 7.74. The van der Waals surface area contributed by atoms with Crippen molar-refractivity contribution in [3.8, 4) is 0 Å². The van der Waals surface area contributed by atoms with Gasteiger partial charge in [-0.2, -0.15) is 0 Å². The average molecular weight is 355 g/mol. The van der Waals surface area contributed by atoms with E-state index in [4.69, 9.17) is 4.74 Å². The molecule has 1 rings (SSSR count). The van der Waals surface area contributed by atoms with E-state index in [1.54, 1.807) is 0 Å². The van der Waals surface area contributed by atoms with Gasteiger partial charge in [0, 0.05) is 0 Å². The predicted molar refractivity (Wildman–Crippen MR) is 100 cm³/mol. The van der Waals surface area contributed by atoms with Crippen LogP contribution in [0.15, 0.2) is 0 Å². The van der Waals surface area contributed by atoms with E-state index in [1.807, 2.05) is 0 Å². The maximum absolute atomic E-state index is 12.6. The molecule has 0 aliphatic heterocycles. The van der Waals surface area contributed by atoms with Crippen molar-refractivity contribution in [3.05, 3.63) is 0 Å². The number of hydrogen-bond acceptors (Lipinski definition) is 3. The zero-order valence-corrected chi connectivity index (χ0v) is 16.5. The Labute approximate surface area is 153 Å². The number of rotatable bonds is 12. The first kappa shape index (κ1) is 22.0. The third kappa shape index (κ3) is 8.24. The van der Waals surface area contributed by atoms with Crippen molar-refractivity contribution in [1.29, 1.82) is 0 Å². The number of ether oxygens (including phenoxy) is 1. The highest BCUT2D eigenvalue weighted by Gasteiger charge is 2.33. The number of unbranched alkanes of at least 4 members (excludes halogenated alkanes) is 1. The highest BCUT2D eigenvalue weighted by atomic mass is 16.5. The van der Waals surface area contributed by atoms with Gasteiger partial charge in [-0.05, 0) is 44.4 Å². The van der Waals surface area contributed by atoms with Gasteiger partial charge in [0.05, 0.1) is 11.8 Å². The van der Waals surface area contributed by atoms with Crippen LogP contribution in [0.2, 0.25) is 0 Å². The maximum atomic E-state index is 12.6. The minimum absolute atomic E-state index is 0.00330. The molecule has 146 valence electrons. The molecular weight excluding hydrogens is 316 g/mol. The highest BCUT2D eigenvalue weighted by Crippen LogP contribution is 2.31. The molecule has 25 heavy (non-hydrogen) atoms. The van der Waals surface area contributed by atoms with Gasteiger partial charge >= 0.3 is 11.9 Å². The first-order valence-electron chi connectivity index (χ1n) is 10.4. The van der Waals surface area contributed by atoms with Gasteiger partial charge < -0.3 is 9.84 Å². The van der Waals surface area contributed by atoms with Crippen LogP contribution in [0, 0.1) is 17.8 Å². The van der Waals surface area contributed by atoms with Gasteiger partial charge in [-0.15, -0.1) is 0 Å². The van der Waals surface area contributed by atoms with Gasteiger partial charge in [0.15, 0.2) is 0 Å². The van der Waals surface area contributed by atoms with Crippen molar-refractivity contribution in [2.75, 3.05) is 0 Å². The monoisotopic (exact) mass is 354 g/mol. The van der Waals surface area contributed by atoms with Crippen LogP contribution in [0.3, 0.4) is 0 Å². The molecule has 0 amide bonds. The van der Waals surface area contributed by atoms with Crippen molar-refractivity contribution >= 4 is 11.9 Å². The molecule has 1 N–H and O–H groups in total. The van der Waals surface area contributed by atoms with Crippen molar-refractivity contribution in [2.24, 2.45) is 17.8 Å². The number of carboxylic acid groups (broad SMARTS) is 1. The molecule has 1 aliphatic carbocycles. The summed E-state index contributed by atoms with van der Waals surface area (Å²) in [5, 5.41) is 9.21. The maximum Gasteiger partial charge on any atom is 0.309 e. The second-order valence-electron chi connectivity index (χ2n) is 7.74. The number of carbonyl (C=O) groups excluding carboxylic acids is 1. The molecule has 0 bridgehead atoms. The number of esters is 1. The van der Waals surface area contributed by atoms with Crippen molar-refractivity contribution in [2.45, 2.75) is 104 Å². The summed E-state index contributed by atoms with van der Waals surface area (Å²) in [6, 6.07) is 0. The third-order valence-electron chi connectivity index (χ3n) is 5.69. The van der Waals surface area contributed by atoms with Crippen LogP contribution < -0.4 is 0 Å². The molecule has 4 atom stereocenters. The summed E-state index contributed by atoms with van der Waals surface area (Å²) >= 11 is 0. The smallest absolute Gasteiger partial charge is 0.309 e. The zero-order chi connectivity index (χ0) is 18.7. The lowest BCUT2D eigenvalue weighted by atomic mass is 9.81. The minimum atomic E-state index is -0.773.